The maximum Gasteiger partial charge on any atom is 0.0408 e. The lowest BCUT2D eigenvalue weighted by Crippen LogP contribution is -1.89. The molecule has 0 nitrogen and oxygen atoms in total. The van der Waals surface area contributed by atoms with E-state index in [1.54, 1.807) is 0 Å². The molecule has 0 fully saturated rings. The molecule has 0 heterocycles. The quantitative estimate of drug-likeness (QED) is 0.646. The highest BCUT2D eigenvalue weighted by Crippen LogP contribution is 2.14. The second kappa shape index (κ2) is 6.61. The molecule has 0 aliphatic rings. The van der Waals surface area contributed by atoms with E-state index in [0.29, 0.717) is 0 Å². The Hall–Kier alpha value is -1.27. The van der Waals surface area contributed by atoms with E-state index in [2.05, 4.69) is 43.3 Å². The van der Waals surface area contributed by atoms with E-state index in [0.717, 1.165) is 11.4 Å². The van der Waals surface area contributed by atoms with Gasteiger partial charge in [-0.2, -0.15) is 0 Å². The predicted octanol–water partition coefficient (Wildman–Crippen LogP) is 5.21. The second-order valence-electron chi connectivity index (χ2n) is 4.82. The zero-order valence-corrected chi connectivity index (χ0v) is 11.6. The number of hydrogen-bond donors (Lipinski definition) is 0. The van der Waals surface area contributed by atoms with Gasteiger partial charge in [0.05, 0.1) is 0 Å². The summed E-state index contributed by atoms with van der Waals surface area (Å²) in [7, 11) is 0. The fourth-order valence-corrected chi connectivity index (χ4v) is 2.32. The largest absolute Gasteiger partial charge is 0.0843 e. The van der Waals surface area contributed by atoms with Crippen molar-refractivity contribution in [3.05, 3.63) is 70.2 Å². The SMILES string of the molecule is Cc1ccc(CCCCc2cccc(Cl)c2)cc1. The van der Waals surface area contributed by atoms with E-state index < -0.39 is 0 Å². The lowest BCUT2D eigenvalue weighted by atomic mass is 10.0. The monoisotopic (exact) mass is 258 g/mol. The van der Waals surface area contributed by atoms with E-state index in [-0.39, 0.29) is 0 Å². The van der Waals surface area contributed by atoms with Crippen molar-refractivity contribution >= 4 is 11.6 Å². The lowest BCUT2D eigenvalue weighted by molar-refractivity contribution is 0.734. The molecule has 2 aromatic rings. The molecule has 0 bridgehead atoms. The fraction of sp³-hybridized carbons (Fsp3) is 0.294. The number of benzene rings is 2. The Balaban J connectivity index is 1.74. The Morgan fingerprint density at radius 2 is 1.50 bits per heavy atom. The summed E-state index contributed by atoms with van der Waals surface area (Å²) >= 11 is 5.97. The van der Waals surface area contributed by atoms with E-state index in [1.807, 2.05) is 12.1 Å². The van der Waals surface area contributed by atoms with Gasteiger partial charge < -0.3 is 0 Å². The Labute approximate surface area is 115 Å². The van der Waals surface area contributed by atoms with Crippen LogP contribution in [0.15, 0.2) is 48.5 Å². The van der Waals surface area contributed by atoms with Gasteiger partial charge in [0.15, 0.2) is 0 Å². The molecule has 2 aromatic carbocycles. The minimum Gasteiger partial charge on any atom is -0.0843 e. The Kier molecular flexibility index (Phi) is 4.83. The van der Waals surface area contributed by atoms with Crippen molar-refractivity contribution in [2.75, 3.05) is 0 Å². The third-order valence-corrected chi connectivity index (χ3v) is 3.43. The van der Waals surface area contributed by atoms with Crippen molar-refractivity contribution in [1.82, 2.24) is 0 Å². The van der Waals surface area contributed by atoms with Crippen molar-refractivity contribution in [2.45, 2.75) is 32.6 Å². The molecule has 0 unspecified atom stereocenters. The number of unbranched alkanes of at least 4 members (excludes halogenated alkanes) is 1. The maximum atomic E-state index is 5.97. The molecule has 18 heavy (non-hydrogen) atoms. The molecule has 0 amide bonds. The van der Waals surface area contributed by atoms with Gasteiger partial charge in [-0.1, -0.05) is 53.6 Å². The van der Waals surface area contributed by atoms with Crippen molar-refractivity contribution < 1.29 is 0 Å². The summed E-state index contributed by atoms with van der Waals surface area (Å²) in [6.07, 6.45) is 4.73. The molecule has 0 atom stereocenters. The molecule has 2 rings (SSSR count). The zero-order chi connectivity index (χ0) is 12.8. The van der Waals surface area contributed by atoms with Crippen LogP contribution in [-0.2, 0) is 12.8 Å². The van der Waals surface area contributed by atoms with Gasteiger partial charge in [0.2, 0.25) is 0 Å². The number of aryl methyl sites for hydroxylation is 3. The summed E-state index contributed by atoms with van der Waals surface area (Å²) in [6.45, 7) is 2.13. The van der Waals surface area contributed by atoms with Crippen molar-refractivity contribution in [3.8, 4) is 0 Å². The summed E-state index contributed by atoms with van der Waals surface area (Å²) in [4.78, 5) is 0. The molecule has 0 aliphatic heterocycles. The van der Waals surface area contributed by atoms with Gasteiger partial charge in [0.25, 0.3) is 0 Å². The van der Waals surface area contributed by atoms with Crippen LogP contribution < -0.4 is 0 Å². The van der Waals surface area contributed by atoms with Gasteiger partial charge in [-0.15, -0.1) is 0 Å². The normalized spacial score (nSPS) is 10.6. The summed E-state index contributed by atoms with van der Waals surface area (Å²) in [6, 6.07) is 17.0. The van der Waals surface area contributed by atoms with E-state index in [9.17, 15) is 0 Å². The second-order valence-corrected chi connectivity index (χ2v) is 5.26. The average molecular weight is 259 g/mol. The predicted molar refractivity (Wildman–Crippen MR) is 79.3 cm³/mol. The Morgan fingerprint density at radius 1 is 0.833 bits per heavy atom. The summed E-state index contributed by atoms with van der Waals surface area (Å²) in [5.41, 5.74) is 4.11. The van der Waals surface area contributed by atoms with Gasteiger partial charge >= 0.3 is 0 Å². The fourth-order valence-electron chi connectivity index (χ4n) is 2.11. The minimum absolute atomic E-state index is 0.839. The first-order chi connectivity index (χ1) is 8.74. The topological polar surface area (TPSA) is 0 Å². The standard InChI is InChI=1S/C17H19Cl/c1-14-9-11-15(12-10-14)5-2-3-6-16-7-4-8-17(18)13-16/h4,7-13H,2-3,5-6H2,1H3. The van der Waals surface area contributed by atoms with Gasteiger partial charge in [0.1, 0.15) is 0 Å². The molecule has 0 radical (unpaired) electrons. The molecule has 0 saturated heterocycles. The van der Waals surface area contributed by atoms with Gasteiger partial charge in [-0.25, -0.2) is 0 Å². The highest BCUT2D eigenvalue weighted by Gasteiger charge is 1.96. The minimum atomic E-state index is 0.839. The van der Waals surface area contributed by atoms with Crippen molar-refractivity contribution in [1.29, 1.82) is 0 Å². The molecular weight excluding hydrogens is 240 g/mol. The molecule has 94 valence electrons. The van der Waals surface area contributed by atoms with Gasteiger partial charge in [0, 0.05) is 5.02 Å². The van der Waals surface area contributed by atoms with Crippen LogP contribution in [0.25, 0.3) is 0 Å². The average Bonchev–Trinajstić information content (AvgIpc) is 2.37. The van der Waals surface area contributed by atoms with Gasteiger partial charge in [-0.05, 0) is 55.9 Å². The van der Waals surface area contributed by atoms with Crippen LogP contribution >= 0.6 is 11.6 Å². The molecule has 0 aromatic heterocycles. The first-order valence-corrected chi connectivity index (χ1v) is 6.92. The summed E-state index contributed by atoms with van der Waals surface area (Å²) in [5.74, 6) is 0. The first kappa shape index (κ1) is 13.2. The van der Waals surface area contributed by atoms with E-state index in [4.69, 9.17) is 11.6 Å². The number of rotatable bonds is 5. The highest BCUT2D eigenvalue weighted by molar-refractivity contribution is 6.30. The summed E-state index contributed by atoms with van der Waals surface area (Å²) in [5, 5.41) is 0.839. The molecular formula is C17H19Cl. The molecule has 0 spiro atoms. The Bertz CT molecular complexity index is 485. The lowest BCUT2D eigenvalue weighted by Gasteiger charge is -2.03. The van der Waals surface area contributed by atoms with Crippen LogP contribution in [0.3, 0.4) is 0 Å². The third-order valence-electron chi connectivity index (χ3n) is 3.19. The molecule has 0 N–H and O–H groups in total. The van der Waals surface area contributed by atoms with Crippen molar-refractivity contribution in [2.24, 2.45) is 0 Å². The van der Waals surface area contributed by atoms with Crippen LogP contribution in [0.2, 0.25) is 5.02 Å². The smallest absolute Gasteiger partial charge is 0.0408 e. The van der Waals surface area contributed by atoms with E-state index >= 15 is 0 Å². The zero-order valence-electron chi connectivity index (χ0n) is 10.8. The molecule has 0 saturated carbocycles. The maximum absolute atomic E-state index is 5.97. The highest BCUT2D eigenvalue weighted by atomic mass is 35.5. The van der Waals surface area contributed by atoms with Crippen LogP contribution in [0.5, 0.6) is 0 Å². The number of hydrogen-bond acceptors (Lipinski definition) is 0. The third kappa shape index (κ3) is 4.19. The number of halogens is 1. The van der Waals surface area contributed by atoms with Crippen LogP contribution in [-0.4, -0.2) is 0 Å². The van der Waals surface area contributed by atoms with Crippen LogP contribution in [0.1, 0.15) is 29.5 Å². The summed E-state index contributed by atoms with van der Waals surface area (Å²) < 4.78 is 0. The van der Waals surface area contributed by atoms with Crippen LogP contribution in [0, 0.1) is 6.92 Å². The molecule has 1 heteroatoms. The first-order valence-electron chi connectivity index (χ1n) is 6.54. The van der Waals surface area contributed by atoms with Crippen LogP contribution in [0.4, 0.5) is 0 Å². The van der Waals surface area contributed by atoms with Crippen molar-refractivity contribution in [3.63, 3.8) is 0 Å². The Morgan fingerprint density at radius 3 is 2.17 bits per heavy atom. The van der Waals surface area contributed by atoms with E-state index in [1.165, 1.54) is 36.0 Å². The molecule has 0 aliphatic carbocycles. The van der Waals surface area contributed by atoms with Gasteiger partial charge in [-0.3, -0.25) is 0 Å².